The van der Waals surface area contributed by atoms with Crippen LogP contribution in [-0.2, 0) is 21.7 Å². The normalized spacial score (nSPS) is 19.6. The minimum absolute atomic E-state index is 0.162. The lowest BCUT2D eigenvalue weighted by atomic mass is 9.92. The molecule has 1 aromatic heterocycles. The zero-order chi connectivity index (χ0) is 18.9. The van der Waals surface area contributed by atoms with Crippen molar-refractivity contribution in [3.8, 4) is 0 Å². The van der Waals surface area contributed by atoms with E-state index in [0.717, 1.165) is 4.90 Å². The van der Waals surface area contributed by atoms with E-state index in [2.05, 4.69) is 10.6 Å². The number of benzene rings is 1. The number of urea groups is 1. The summed E-state index contributed by atoms with van der Waals surface area (Å²) in [5, 5.41) is 5.84. The van der Waals surface area contributed by atoms with Gasteiger partial charge in [-0.1, -0.05) is 29.3 Å². The van der Waals surface area contributed by atoms with E-state index >= 15 is 0 Å². The topological polar surface area (TPSA) is 91.7 Å². The molecule has 1 saturated heterocycles. The van der Waals surface area contributed by atoms with Gasteiger partial charge in [0.15, 0.2) is 0 Å². The number of hydrogen-bond acceptors (Lipinski definition) is 4. The van der Waals surface area contributed by atoms with Crippen LogP contribution in [-0.4, -0.2) is 29.3 Å². The van der Waals surface area contributed by atoms with Crippen molar-refractivity contribution in [1.29, 1.82) is 0 Å². The minimum atomic E-state index is -1.37. The standard InChI is InChI=1S/C17H15Cl2N3O4/c1-17(12-5-4-10(18)7-13(12)19)15(24)22(16(25)21-17)9-14(23)20-8-11-3-2-6-26-11/h2-7H,8-9H2,1H3,(H,20,23)(H,21,25). The van der Waals surface area contributed by atoms with Gasteiger partial charge in [0.2, 0.25) is 5.91 Å². The Morgan fingerprint density at radius 3 is 2.73 bits per heavy atom. The molecule has 1 fully saturated rings. The van der Waals surface area contributed by atoms with E-state index in [-0.39, 0.29) is 11.6 Å². The number of nitrogens with zero attached hydrogens (tertiary/aromatic N) is 1. The van der Waals surface area contributed by atoms with Crippen molar-refractivity contribution >= 4 is 41.0 Å². The van der Waals surface area contributed by atoms with E-state index < -0.39 is 29.9 Å². The Balaban J connectivity index is 1.72. The summed E-state index contributed by atoms with van der Waals surface area (Å²) in [5.74, 6) is -0.496. The molecular formula is C17H15Cl2N3O4. The average Bonchev–Trinajstić information content (AvgIpc) is 3.16. The maximum absolute atomic E-state index is 12.8. The van der Waals surface area contributed by atoms with E-state index in [9.17, 15) is 14.4 Å². The average molecular weight is 396 g/mol. The summed E-state index contributed by atoms with van der Waals surface area (Å²) < 4.78 is 5.11. The summed E-state index contributed by atoms with van der Waals surface area (Å²) in [6, 6.07) is 7.36. The number of nitrogens with one attached hydrogen (secondary N) is 2. The molecule has 0 aliphatic carbocycles. The molecule has 4 amide bonds. The molecule has 136 valence electrons. The first-order chi connectivity index (χ1) is 12.3. The van der Waals surface area contributed by atoms with Crippen LogP contribution in [0.3, 0.4) is 0 Å². The summed E-state index contributed by atoms with van der Waals surface area (Å²) in [6.07, 6.45) is 1.49. The van der Waals surface area contributed by atoms with Gasteiger partial charge in [0.1, 0.15) is 17.8 Å². The Bertz CT molecular complexity index is 869. The van der Waals surface area contributed by atoms with Gasteiger partial charge in [0.05, 0.1) is 12.8 Å². The molecule has 26 heavy (non-hydrogen) atoms. The second kappa shape index (κ2) is 7.01. The molecule has 7 nitrogen and oxygen atoms in total. The third-order valence-electron chi connectivity index (χ3n) is 4.09. The molecule has 2 heterocycles. The Hall–Kier alpha value is -2.51. The summed E-state index contributed by atoms with van der Waals surface area (Å²) in [4.78, 5) is 38.0. The molecule has 1 aromatic carbocycles. The van der Waals surface area contributed by atoms with Crippen LogP contribution in [0.2, 0.25) is 10.0 Å². The number of furan rings is 1. The van der Waals surface area contributed by atoms with Gasteiger partial charge in [0.25, 0.3) is 5.91 Å². The number of rotatable bonds is 5. The quantitative estimate of drug-likeness (QED) is 0.761. The van der Waals surface area contributed by atoms with Crippen LogP contribution in [0.15, 0.2) is 41.0 Å². The third kappa shape index (κ3) is 3.40. The minimum Gasteiger partial charge on any atom is -0.467 e. The van der Waals surface area contributed by atoms with Gasteiger partial charge in [-0.05, 0) is 31.2 Å². The molecule has 1 atom stereocenters. The molecule has 0 radical (unpaired) electrons. The third-order valence-corrected chi connectivity index (χ3v) is 4.63. The van der Waals surface area contributed by atoms with Crippen LogP contribution < -0.4 is 10.6 Å². The van der Waals surface area contributed by atoms with Gasteiger partial charge in [-0.25, -0.2) is 4.79 Å². The van der Waals surface area contributed by atoms with Gasteiger partial charge < -0.3 is 15.1 Å². The molecule has 2 N–H and O–H groups in total. The first-order valence-electron chi connectivity index (χ1n) is 7.70. The summed E-state index contributed by atoms with van der Waals surface area (Å²) in [5.41, 5.74) is -0.972. The zero-order valence-electron chi connectivity index (χ0n) is 13.7. The van der Waals surface area contributed by atoms with Crippen LogP contribution in [0.1, 0.15) is 18.2 Å². The molecule has 1 aliphatic rings. The lowest BCUT2D eigenvalue weighted by molar-refractivity contribution is -0.134. The maximum atomic E-state index is 12.8. The van der Waals surface area contributed by atoms with E-state index in [1.807, 2.05) is 0 Å². The van der Waals surface area contributed by atoms with Crippen molar-refractivity contribution in [1.82, 2.24) is 15.5 Å². The molecule has 0 spiro atoms. The number of carbonyl (C=O) groups is 3. The second-order valence-corrected chi connectivity index (χ2v) is 6.77. The SMILES string of the molecule is CC1(c2ccc(Cl)cc2Cl)NC(=O)N(CC(=O)NCc2ccco2)C1=O. The Morgan fingerprint density at radius 2 is 2.08 bits per heavy atom. The number of carbonyl (C=O) groups excluding carboxylic acids is 3. The summed E-state index contributed by atoms with van der Waals surface area (Å²) >= 11 is 12.1. The van der Waals surface area contributed by atoms with Crippen LogP contribution in [0.5, 0.6) is 0 Å². The Labute approximate surface area is 159 Å². The van der Waals surface area contributed by atoms with Crippen molar-refractivity contribution in [2.45, 2.75) is 19.0 Å². The largest absolute Gasteiger partial charge is 0.467 e. The van der Waals surface area contributed by atoms with Crippen molar-refractivity contribution in [3.05, 3.63) is 58.0 Å². The molecule has 2 aromatic rings. The predicted molar refractivity (Wildman–Crippen MR) is 94.6 cm³/mol. The monoisotopic (exact) mass is 395 g/mol. The molecule has 1 unspecified atom stereocenters. The molecular weight excluding hydrogens is 381 g/mol. The fourth-order valence-corrected chi connectivity index (χ4v) is 3.31. The predicted octanol–water partition coefficient (Wildman–Crippen LogP) is 2.67. The molecule has 0 bridgehead atoms. The molecule has 9 heteroatoms. The first-order valence-corrected chi connectivity index (χ1v) is 8.45. The van der Waals surface area contributed by atoms with E-state index in [4.69, 9.17) is 27.6 Å². The van der Waals surface area contributed by atoms with Crippen LogP contribution in [0, 0.1) is 0 Å². The first kappa shape index (κ1) is 18.3. The van der Waals surface area contributed by atoms with E-state index in [1.165, 1.54) is 19.3 Å². The summed E-state index contributed by atoms with van der Waals surface area (Å²) in [6.45, 7) is 1.28. The van der Waals surface area contributed by atoms with Gasteiger partial charge in [-0.15, -0.1) is 0 Å². The van der Waals surface area contributed by atoms with Crippen LogP contribution >= 0.6 is 23.2 Å². The van der Waals surface area contributed by atoms with Crippen molar-refractivity contribution in [2.75, 3.05) is 6.54 Å². The van der Waals surface area contributed by atoms with E-state index in [0.29, 0.717) is 16.3 Å². The fourth-order valence-electron chi connectivity index (χ4n) is 2.72. The van der Waals surface area contributed by atoms with Gasteiger partial charge >= 0.3 is 6.03 Å². The lowest BCUT2D eigenvalue weighted by Gasteiger charge is -2.23. The molecule has 0 saturated carbocycles. The fraction of sp³-hybridized carbons (Fsp3) is 0.235. The number of amides is 4. The zero-order valence-corrected chi connectivity index (χ0v) is 15.2. The van der Waals surface area contributed by atoms with Crippen molar-refractivity contribution in [3.63, 3.8) is 0 Å². The molecule has 3 rings (SSSR count). The van der Waals surface area contributed by atoms with Crippen LogP contribution in [0.25, 0.3) is 0 Å². The number of hydrogen-bond donors (Lipinski definition) is 2. The summed E-state index contributed by atoms with van der Waals surface area (Å²) in [7, 11) is 0. The highest BCUT2D eigenvalue weighted by atomic mass is 35.5. The van der Waals surface area contributed by atoms with Gasteiger partial charge in [0, 0.05) is 15.6 Å². The Kier molecular flexibility index (Phi) is 4.93. The van der Waals surface area contributed by atoms with Gasteiger partial charge in [-0.3, -0.25) is 14.5 Å². The number of imide groups is 1. The highest BCUT2D eigenvalue weighted by molar-refractivity contribution is 6.35. The van der Waals surface area contributed by atoms with E-state index in [1.54, 1.807) is 24.3 Å². The lowest BCUT2D eigenvalue weighted by Crippen LogP contribution is -2.43. The second-order valence-electron chi connectivity index (χ2n) is 5.93. The highest BCUT2D eigenvalue weighted by Gasteiger charge is 2.50. The van der Waals surface area contributed by atoms with Crippen LogP contribution in [0.4, 0.5) is 4.79 Å². The van der Waals surface area contributed by atoms with Gasteiger partial charge in [-0.2, -0.15) is 0 Å². The molecule has 1 aliphatic heterocycles. The maximum Gasteiger partial charge on any atom is 0.325 e. The number of halogens is 2. The van der Waals surface area contributed by atoms with Crippen molar-refractivity contribution < 1.29 is 18.8 Å². The van der Waals surface area contributed by atoms with Crippen molar-refractivity contribution in [2.24, 2.45) is 0 Å². The smallest absolute Gasteiger partial charge is 0.325 e. The Morgan fingerprint density at radius 1 is 1.31 bits per heavy atom. The highest BCUT2D eigenvalue weighted by Crippen LogP contribution is 2.34.